The zero-order chi connectivity index (χ0) is 18.2. The topological polar surface area (TPSA) is 77.7 Å². The van der Waals surface area contributed by atoms with Gasteiger partial charge in [-0.05, 0) is 50.6 Å². The summed E-state index contributed by atoms with van der Waals surface area (Å²) >= 11 is 0. The average molecular weight is 345 g/mol. The first-order chi connectivity index (χ1) is 12.0. The van der Waals surface area contributed by atoms with E-state index in [9.17, 15) is 9.90 Å². The molecule has 6 heteroatoms. The summed E-state index contributed by atoms with van der Waals surface area (Å²) in [5.41, 5.74) is 1.84. The van der Waals surface area contributed by atoms with E-state index >= 15 is 0 Å². The van der Waals surface area contributed by atoms with Crippen molar-refractivity contribution in [3.05, 3.63) is 54.0 Å². The molecule has 2 rings (SSSR count). The molecule has 0 aliphatic rings. The van der Waals surface area contributed by atoms with Crippen molar-refractivity contribution in [2.24, 2.45) is 0 Å². The predicted molar refractivity (Wildman–Crippen MR) is 98.5 cm³/mol. The van der Waals surface area contributed by atoms with Gasteiger partial charge < -0.3 is 25.1 Å². The van der Waals surface area contributed by atoms with E-state index in [-0.39, 0.29) is 12.1 Å². The van der Waals surface area contributed by atoms with E-state index in [1.165, 1.54) is 0 Å². The molecule has 2 amide bonds. The molecule has 0 saturated heterocycles. The fourth-order valence-corrected chi connectivity index (χ4v) is 2.56. The van der Waals surface area contributed by atoms with Crippen LogP contribution in [-0.4, -0.2) is 35.7 Å². The lowest BCUT2D eigenvalue weighted by atomic mass is 10.1. The van der Waals surface area contributed by atoms with Gasteiger partial charge in [0, 0.05) is 31.4 Å². The number of nitrogens with zero attached hydrogens (tertiary/aromatic N) is 1. The van der Waals surface area contributed by atoms with Crippen LogP contribution in [0.5, 0.6) is 0 Å². The average Bonchev–Trinajstić information content (AvgIpc) is 3.16. The maximum absolute atomic E-state index is 12.0. The fraction of sp³-hybridized carbons (Fsp3) is 0.421. The smallest absolute Gasteiger partial charge is 0.321 e. The number of anilines is 1. The summed E-state index contributed by atoms with van der Waals surface area (Å²) in [5.74, 6) is 0.550. The molecule has 3 N–H and O–H groups in total. The first-order valence-electron chi connectivity index (χ1n) is 8.65. The Balaban J connectivity index is 1.87. The largest absolute Gasteiger partial charge is 0.467 e. The Kier molecular flexibility index (Phi) is 7.03. The highest BCUT2D eigenvalue weighted by Crippen LogP contribution is 2.18. The third-order valence-electron chi connectivity index (χ3n) is 4.20. The molecule has 2 atom stereocenters. The zero-order valence-corrected chi connectivity index (χ0v) is 15.0. The minimum atomic E-state index is -0.676. The number of aliphatic hydroxyl groups is 1. The molecule has 2 aromatic rings. The second kappa shape index (κ2) is 9.25. The Morgan fingerprint density at radius 2 is 1.88 bits per heavy atom. The summed E-state index contributed by atoms with van der Waals surface area (Å²) in [6, 6.07) is 11.2. The van der Waals surface area contributed by atoms with E-state index in [2.05, 4.69) is 10.6 Å². The lowest BCUT2D eigenvalue weighted by Crippen LogP contribution is -2.34. The molecular weight excluding hydrogens is 318 g/mol. The van der Waals surface area contributed by atoms with Crippen molar-refractivity contribution in [2.45, 2.75) is 32.9 Å². The Bertz CT molecular complexity index is 636. The van der Waals surface area contributed by atoms with Gasteiger partial charge in [0.05, 0.1) is 6.26 Å². The molecule has 1 heterocycles. The molecule has 0 fully saturated rings. The van der Waals surface area contributed by atoms with E-state index in [0.29, 0.717) is 25.4 Å². The lowest BCUT2D eigenvalue weighted by molar-refractivity contribution is 0.144. The number of carbonyl (C=O) groups excluding carboxylic acids is 1. The van der Waals surface area contributed by atoms with Crippen LogP contribution in [-0.2, 0) is 0 Å². The van der Waals surface area contributed by atoms with E-state index in [1.54, 1.807) is 23.3 Å². The van der Waals surface area contributed by atoms with Crippen molar-refractivity contribution in [3.63, 3.8) is 0 Å². The number of furan rings is 1. The lowest BCUT2D eigenvalue weighted by Gasteiger charge is -2.20. The Morgan fingerprint density at radius 3 is 2.44 bits per heavy atom. The van der Waals surface area contributed by atoms with Gasteiger partial charge in [0.25, 0.3) is 0 Å². The summed E-state index contributed by atoms with van der Waals surface area (Å²) in [7, 11) is 0. The molecule has 6 nitrogen and oxygen atoms in total. The SMILES string of the molecule is CCN(CC)C(=O)Nc1ccc(C(C)NCC(O)c2ccco2)cc1. The molecule has 0 aliphatic heterocycles. The van der Waals surface area contributed by atoms with Crippen molar-refractivity contribution in [2.75, 3.05) is 25.0 Å². The van der Waals surface area contributed by atoms with Crippen LogP contribution >= 0.6 is 0 Å². The summed E-state index contributed by atoms with van der Waals surface area (Å²) in [6.07, 6.45) is 0.873. The van der Waals surface area contributed by atoms with Crippen molar-refractivity contribution >= 4 is 11.7 Å². The van der Waals surface area contributed by atoms with Crippen molar-refractivity contribution in [1.82, 2.24) is 10.2 Å². The van der Waals surface area contributed by atoms with Crippen LogP contribution in [0.2, 0.25) is 0 Å². The predicted octanol–water partition coefficient (Wildman–Crippen LogP) is 3.54. The highest BCUT2D eigenvalue weighted by Gasteiger charge is 2.13. The number of nitrogens with one attached hydrogen (secondary N) is 2. The molecule has 0 radical (unpaired) electrons. The van der Waals surface area contributed by atoms with Crippen LogP contribution in [0.4, 0.5) is 10.5 Å². The number of hydrogen-bond acceptors (Lipinski definition) is 4. The molecule has 2 unspecified atom stereocenters. The van der Waals surface area contributed by atoms with Gasteiger partial charge in [-0.3, -0.25) is 0 Å². The minimum Gasteiger partial charge on any atom is -0.467 e. The molecule has 1 aromatic carbocycles. The van der Waals surface area contributed by atoms with Crippen molar-refractivity contribution in [1.29, 1.82) is 0 Å². The molecule has 0 saturated carbocycles. The highest BCUT2D eigenvalue weighted by atomic mass is 16.4. The standard InChI is InChI=1S/C19H27N3O3/c1-4-22(5-2)19(24)21-16-10-8-15(9-11-16)14(3)20-13-17(23)18-7-6-12-25-18/h6-12,14,17,20,23H,4-5,13H2,1-3H3,(H,21,24). The number of aliphatic hydroxyl groups excluding tert-OH is 1. The number of urea groups is 1. The van der Waals surface area contributed by atoms with E-state index in [1.807, 2.05) is 45.0 Å². The molecule has 0 spiro atoms. The Labute approximate surface area is 148 Å². The molecule has 0 bridgehead atoms. The van der Waals surface area contributed by atoms with Gasteiger partial charge >= 0.3 is 6.03 Å². The quantitative estimate of drug-likeness (QED) is 0.684. The summed E-state index contributed by atoms with van der Waals surface area (Å²) in [5, 5.41) is 16.2. The van der Waals surface area contributed by atoms with Crippen LogP contribution in [0.1, 0.15) is 44.2 Å². The third-order valence-corrected chi connectivity index (χ3v) is 4.20. The van der Waals surface area contributed by atoms with Crippen LogP contribution in [0, 0.1) is 0 Å². The second-order valence-electron chi connectivity index (χ2n) is 5.89. The van der Waals surface area contributed by atoms with Crippen LogP contribution in [0.25, 0.3) is 0 Å². The summed E-state index contributed by atoms with van der Waals surface area (Å²) in [6.45, 7) is 7.69. The molecule has 136 valence electrons. The van der Waals surface area contributed by atoms with Crippen LogP contribution in [0.3, 0.4) is 0 Å². The van der Waals surface area contributed by atoms with Gasteiger partial charge in [-0.2, -0.15) is 0 Å². The third kappa shape index (κ3) is 5.34. The van der Waals surface area contributed by atoms with Crippen molar-refractivity contribution in [3.8, 4) is 0 Å². The number of rotatable bonds is 8. The number of hydrogen-bond donors (Lipinski definition) is 3. The second-order valence-corrected chi connectivity index (χ2v) is 5.89. The zero-order valence-electron chi connectivity index (χ0n) is 15.0. The minimum absolute atomic E-state index is 0.0668. The normalized spacial score (nSPS) is 13.3. The first kappa shape index (κ1) is 19.0. The Hall–Kier alpha value is -2.31. The number of benzene rings is 1. The van der Waals surface area contributed by atoms with Gasteiger partial charge in [0.15, 0.2) is 0 Å². The van der Waals surface area contributed by atoms with Gasteiger partial charge in [-0.25, -0.2) is 4.79 Å². The molecule has 0 aliphatic carbocycles. The number of amides is 2. The summed E-state index contributed by atoms with van der Waals surface area (Å²) in [4.78, 5) is 13.8. The van der Waals surface area contributed by atoms with Crippen LogP contribution in [0.15, 0.2) is 47.1 Å². The van der Waals surface area contributed by atoms with E-state index in [0.717, 1.165) is 11.3 Å². The van der Waals surface area contributed by atoms with Crippen LogP contribution < -0.4 is 10.6 Å². The molecule has 1 aromatic heterocycles. The van der Waals surface area contributed by atoms with Gasteiger partial charge in [-0.15, -0.1) is 0 Å². The maximum atomic E-state index is 12.0. The van der Waals surface area contributed by atoms with E-state index in [4.69, 9.17) is 4.42 Å². The molecular formula is C19H27N3O3. The first-order valence-corrected chi connectivity index (χ1v) is 8.65. The maximum Gasteiger partial charge on any atom is 0.321 e. The van der Waals surface area contributed by atoms with Gasteiger partial charge in [0.2, 0.25) is 0 Å². The van der Waals surface area contributed by atoms with Gasteiger partial charge in [0.1, 0.15) is 11.9 Å². The highest BCUT2D eigenvalue weighted by molar-refractivity contribution is 5.89. The van der Waals surface area contributed by atoms with Gasteiger partial charge in [-0.1, -0.05) is 12.1 Å². The Morgan fingerprint density at radius 1 is 1.20 bits per heavy atom. The summed E-state index contributed by atoms with van der Waals surface area (Å²) < 4.78 is 5.19. The fourth-order valence-electron chi connectivity index (χ4n) is 2.56. The van der Waals surface area contributed by atoms with E-state index < -0.39 is 6.10 Å². The molecule has 25 heavy (non-hydrogen) atoms. The number of carbonyl (C=O) groups is 1. The van der Waals surface area contributed by atoms with Crippen molar-refractivity contribution < 1.29 is 14.3 Å². The monoisotopic (exact) mass is 345 g/mol.